The van der Waals surface area contributed by atoms with Gasteiger partial charge in [0.05, 0.1) is 12.7 Å². The van der Waals surface area contributed by atoms with E-state index in [2.05, 4.69) is 17.1 Å². The first-order chi connectivity index (χ1) is 9.06. The average Bonchev–Trinajstić information content (AvgIpc) is 3.21. The molecule has 1 saturated heterocycles. The summed E-state index contributed by atoms with van der Waals surface area (Å²) in [6, 6.07) is 0.291. The quantitative estimate of drug-likeness (QED) is 0.723. The lowest BCUT2D eigenvalue weighted by molar-refractivity contribution is -0.144. The summed E-state index contributed by atoms with van der Waals surface area (Å²) in [5.41, 5.74) is -0.0848. The van der Waals surface area contributed by atoms with Crippen LogP contribution in [0.15, 0.2) is 0 Å². The lowest BCUT2D eigenvalue weighted by atomic mass is 9.94. The Morgan fingerprint density at radius 3 is 2.79 bits per heavy atom. The molecular formula is C14H26N2O3. The molecule has 1 aliphatic carbocycles. The van der Waals surface area contributed by atoms with Crippen LogP contribution in [-0.4, -0.2) is 62.4 Å². The maximum Gasteiger partial charge on any atom is 0.324 e. The summed E-state index contributed by atoms with van der Waals surface area (Å²) in [4.78, 5) is 14.1. The van der Waals surface area contributed by atoms with E-state index in [9.17, 15) is 4.79 Å². The van der Waals surface area contributed by atoms with E-state index < -0.39 is 0 Å². The summed E-state index contributed by atoms with van der Waals surface area (Å²) in [5.74, 6) is -0.156. The van der Waals surface area contributed by atoms with E-state index in [1.165, 1.54) is 20.0 Å². The maximum absolute atomic E-state index is 11.8. The molecule has 2 fully saturated rings. The number of piperidine rings is 1. The average molecular weight is 270 g/mol. The van der Waals surface area contributed by atoms with Gasteiger partial charge in [-0.2, -0.15) is 0 Å². The van der Waals surface area contributed by atoms with Crippen molar-refractivity contribution in [2.45, 2.75) is 50.3 Å². The summed E-state index contributed by atoms with van der Waals surface area (Å²) < 4.78 is 10.5. The zero-order valence-electron chi connectivity index (χ0n) is 12.3. The van der Waals surface area contributed by atoms with Gasteiger partial charge in [-0.3, -0.25) is 9.69 Å². The van der Waals surface area contributed by atoms with Crippen LogP contribution in [0.3, 0.4) is 0 Å². The smallest absolute Gasteiger partial charge is 0.324 e. The number of methoxy groups -OCH3 is 2. The van der Waals surface area contributed by atoms with Crippen LogP contribution in [0.25, 0.3) is 0 Å². The van der Waals surface area contributed by atoms with Gasteiger partial charge in [0.25, 0.3) is 0 Å². The predicted molar refractivity (Wildman–Crippen MR) is 73.0 cm³/mol. The monoisotopic (exact) mass is 270 g/mol. The molecular weight excluding hydrogens is 244 g/mol. The zero-order valence-corrected chi connectivity index (χ0v) is 12.3. The van der Waals surface area contributed by atoms with Crippen molar-refractivity contribution in [3.8, 4) is 0 Å². The van der Waals surface area contributed by atoms with Gasteiger partial charge in [0.15, 0.2) is 0 Å². The number of hydrogen-bond donors (Lipinski definition) is 1. The molecule has 0 amide bonds. The molecule has 1 N–H and O–H groups in total. The van der Waals surface area contributed by atoms with Gasteiger partial charge in [0, 0.05) is 26.2 Å². The highest BCUT2D eigenvalue weighted by molar-refractivity contribution is 5.76. The number of carbonyl (C=O) groups excluding carboxylic acids is 1. The Hall–Kier alpha value is -0.650. The Kier molecular flexibility index (Phi) is 4.81. The molecule has 1 saturated carbocycles. The first-order valence-corrected chi connectivity index (χ1v) is 7.18. The molecule has 19 heavy (non-hydrogen) atoms. The van der Waals surface area contributed by atoms with Crippen LogP contribution in [0.5, 0.6) is 0 Å². The Morgan fingerprint density at radius 2 is 2.21 bits per heavy atom. The summed E-state index contributed by atoms with van der Waals surface area (Å²) in [6.07, 6.45) is 4.53. The lowest BCUT2D eigenvalue weighted by Gasteiger charge is -2.40. The Balaban J connectivity index is 1.90. The minimum Gasteiger partial charge on any atom is -0.468 e. The van der Waals surface area contributed by atoms with Gasteiger partial charge in [-0.1, -0.05) is 0 Å². The van der Waals surface area contributed by atoms with Gasteiger partial charge >= 0.3 is 5.97 Å². The second-order valence-corrected chi connectivity index (χ2v) is 6.01. The van der Waals surface area contributed by atoms with Crippen LogP contribution < -0.4 is 5.32 Å². The number of nitrogens with one attached hydrogen (secondary N) is 1. The molecule has 2 unspecified atom stereocenters. The van der Waals surface area contributed by atoms with Crippen molar-refractivity contribution in [1.29, 1.82) is 0 Å². The standard InChI is InChI=1S/C14H26N2O3/c1-14(19-3)7-4-8-16(10-14)9-12(13(17)18-2)15-11-5-6-11/h11-12,15H,4-10H2,1-3H3. The van der Waals surface area contributed by atoms with Gasteiger partial charge < -0.3 is 14.8 Å². The van der Waals surface area contributed by atoms with Crippen molar-refractivity contribution in [3.05, 3.63) is 0 Å². The highest BCUT2D eigenvalue weighted by Crippen LogP contribution is 2.25. The zero-order chi connectivity index (χ0) is 13.9. The van der Waals surface area contributed by atoms with Gasteiger partial charge in [0.1, 0.15) is 6.04 Å². The van der Waals surface area contributed by atoms with Crippen LogP contribution in [0, 0.1) is 0 Å². The number of ether oxygens (including phenoxy) is 2. The van der Waals surface area contributed by atoms with Crippen molar-refractivity contribution in [3.63, 3.8) is 0 Å². The van der Waals surface area contributed by atoms with Crippen LogP contribution in [0.2, 0.25) is 0 Å². The maximum atomic E-state index is 11.8. The molecule has 110 valence electrons. The van der Waals surface area contributed by atoms with E-state index in [-0.39, 0.29) is 17.6 Å². The molecule has 1 aliphatic heterocycles. The molecule has 2 rings (SSSR count). The summed E-state index contributed by atoms with van der Waals surface area (Å²) in [6.45, 7) is 4.75. The van der Waals surface area contributed by atoms with E-state index in [1.54, 1.807) is 7.11 Å². The molecule has 2 aliphatic rings. The molecule has 1 heterocycles. The number of carbonyl (C=O) groups is 1. The summed E-state index contributed by atoms with van der Waals surface area (Å²) >= 11 is 0. The van der Waals surface area contributed by atoms with Gasteiger partial charge in [-0.15, -0.1) is 0 Å². The van der Waals surface area contributed by atoms with E-state index in [0.29, 0.717) is 12.6 Å². The second-order valence-electron chi connectivity index (χ2n) is 6.01. The van der Waals surface area contributed by atoms with E-state index in [0.717, 1.165) is 25.9 Å². The van der Waals surface area contributed by atoms with Crippen LogP contribution in [0.1, 0.15) is 32.6 Å². The fourth-order valence-corrected chi connectivity index (χ4v) is 2.76. The fraction of sp³-hybridized carbons (Fsp3) is 0.929. The Labute approximate surface area is 115 Å². The lowest BCUT2D eigenvalue weighted by Crippen LogP contribution is -2.54. The molecule has 0 spiro atoms. The Bertz CT molecular complexity index is 320. The third kappa shape index (κ3) is 4.16. The molecule has 0 aromatic rings. The first-order valence-electron chi connectivity index (χ1n) is 7.18. The second kappa shape index (κ2) is 6.20. The normalized spacial score (nSPS) is 30.1. The largest absolute Gasteiger partial charge is 0.468 e. The third-order valence-electron chi connectivity index (χ3n) is 4.17. The molecule has 5 heteroatoms. The van der Waals surface area contributed by atoms with Crippen molar-refractivity contribution < 1.29 is 14.3 Å². The third-order valence-corrected chi connectivity index (χ3v) is 4.17. The van der Waals surface area contributed by atoms with Crippen LogP contribution in [0.4, 0.5) is 0 Å². The van der Waals surface area contributed by atoms with Crippen LogP contribution in [-0.2, 0) is 14.3 Å². The van der Waals surface area contributed by atoms with E-state index in [1.807, 2.05) is 0 Å². The number of esters is 1. The highest BCUT2D eigenvalue weighted by atomic mass is 16.5. The molecule has 2 atom stereocenters. The highest BCUT2D eigenvalue weighted by Gasteiger charge is 2.35. The van der Waals surface area contributed by atoms with E-state index >= 15 is 0 Å². The first kappa shape index (κ1) is 14.8. The minimum atomic E-state index is -0.211. The van der Waals surface area contributed by atoms with E-state index in [4.69, 9.17) is 9.47 Å². The SMILES string of the molecule is COC(=O)C(CN1CCCC(C)(OC)C1)NC1CC1. The van der Waals surface area contributed by atoms with Crippen molar-refractivity contribution in [2.24, 2.45) is 0 Å². The fourth-order valence-electron chi connectivity index (χ4n) is 2.76. The minimum absolute atomic E-state index is 0.0848. The van der Waals surface area contributed by atoms with Gasteiger partial charge in [-0.05, 0) is 39.2 Å². The summed E-state index contributed by atoms with van der Waals surface area (Å²) in [5, 5.41) is 3.38. The number of nitrogens with zero attached hydrogens (tertiary/aromatic N) is 1. The van der Waals surface area contributed by atoms with Gasteiger partial charge in [-0.25, -0.2) is 0 Å². The molecule has 0 aromatic carbocycles. The predicted octanol–water partition coefficient (Wildman–Crippen LogP) is 0.781. The number of hydrogen-bond acceptors (Lipinski definition) is 5. The topological polar surface area (TPSA) is 50.8 Å². The van der Waals surface area contributed by atoms with Gasteiger partial charge in [0.2, 0.25) is 0 Å². The van der Waals surface area contributed by atoms with Crippen molar-refractivity contribution in [1.82, 2.24) is 10.2 Å². The number of rotatable bonds is 6. The summed E-state index contributed by atoms with van der Waals surface area (Å²) in [7, 11) is 3.23. The number of likely N-dealkylation sites (tertiary alicyclic amines) is 1. The molecule has 0 radical (unpaired) electrons. The van der Waals surface area contributed by atoms with Crippen molar-refractivity contribution >= 4 is 5.97 Å². The van der Waals surface area contributed by atoms with Crippen molar-refractivity contribution in [2.75, 3.05) is 33.9 Å². The van der Waals surface area contributed by atoms with Crippen LogP contribution >= 0.6 is 0 Å². The molecule has 0 aromatic heterocycles. The molecule has 0 bridgehead atoms. The Morgan fingerprint density at radius 1 is 1.47 bits per heavy atom. The molecule has 5 nitrogen and oxygen atoms in total.